The van der Waals surface area contributed by atoms with Gasteiger partial charge in [-0.25, -0.2) is 0 Å². The number of hydrogen-bond donors (Lipinski definition) is 1. The van der Waals surface area contributed by atoms with Crippen LogP contribution in [0.3, 0.4) is 0 Å². The molecular weight excluding hydrogens is 268 g/mol. The van der Waals surface area contributed by atoms with Crippen LogP contribution in [0.4, 0.5) is 0 Å². The molecule has 1 amide bonds. The number of H-pyrrole nitrogens is 1. The summed E-state index contributed by atoms with van der Waals surface area (Å²) in [6.45, 7) is 2.98. The van der Waals surface area contributed by atoms with E-state index in [1.165, 1.54) is 18.2 Å². The third kappa shape index (κ3) is 2.38. The van der Waals surface area contributed by atoms with Gasteiger partial charge in [-0.15, -0.1) is 0 Å². The maximum absolute atomic E-state index is 12.5. The van der Waals surface area contributed by atoms with Crippen LogP contribution in [0.15, 0.2) is 46.0 Å². The number of nitrogens with one attached hydrogen (secondary N) is 1. The van der Waals surface area contributed by atoms with Gasteiger partial charge < -0.3 is 4.90 Å². The monoisotopic (exact) mass is 282 g/mol. The molecule has 0 bridgehead atoms. The van der Waals surface area contributed by atoms with Gasteiger partial charge in [0.25, 0.3) is 17.0 Å². The summed E-state index contributed by atoms with van der Waals surface area (Å²) < 4.78 is 0. The van der Waals surface area contributed by atoms with Crippen LogP contribution in [0.1, 0.15) is 27.0 Å². The quantitative estimate of drug-likeness (QED) is 0.854. The maximum atomic E-state index is 12.5. The average Bonchev–Trinajstić information content (AvgIpc) is 2.81. The molecule has 0 unspecified atom stereocenters. The second-order valence-electron chi connectivity index (χ2n) is 5.13. The van der Waals surface area contributed by atoms with Gasteiger partial charge in [0.2, 0.25) is 0 Å². The fourth-order valence-electron chi connectivity index (χ4n) is 2.60. The van der Waals surface area contributed by atoms with Gasteiger partial charge in [-0.05, 0) is 29.7 Å². The van der Waals surface area contributed by atoms with Crippen LogP contribution in [0, 0.1) is 6.92 Å². The first-order valence-electron chi connectivity index (χ1n) is 6.66. The van der Waals surface area contributed by atoms with Crippen molar-refractivity contribution in [3.8, 4) is 0 Å². The highest BCUT2D eigenvalue weighted by molar-refractivity contribution is 5.94. The number of aryl methyl sites for hydroxylation is 1. The molecule has 5 heteroatoms. The number of nitrogens with zero attached hydrogens (tertiary/aromatic N) is 1. The Kier molecular flexibility index (Phi) is 3.17. The van der Waals surface area contributed by atoms with Gasteiger partial charge in [0, 0.05) is 19.2 Å². The predicted molar refractivity (Wildman–Crippen MR) is 78.1 cm³/mol. The summed E-state index contributed by atoms with van der Waals surface area (Å²) in [6.07, 6.45) is 0. The van der Waals surface area contributed by atoms with E-state index in [9.17, 15) is 14.4 Å². The Morgan fingerprint density at radius 2 is 1.86 bits per heavy atom. The molecule has 1 aromatic carbocycles. The Morgan fingerprint density at radius 1 is 1.10 bits per heavy atom. The van der Waals surface area contributed by atoms with E-state index in [0.29, 0.717) is 13.1 Å². The summed E-state index contributed by atoms with van der Waals surface area (Å²) in [5.74, 6) is -0.359. The van der Waals surface area contributed by atoms with E-state index in [-0.39, 0.29) is 11.5 Å². The minimum Gasteiger partial charge on any atom is -0.330 e. The number of carbonyl (C=O) groups is 1. The van der Waals surface area contributed by atoms with Gasteiger partial charge in [0.15, 0.2) is 0 Å². The highest BCUT2D eigenvalue weighted by Crippen LogP contribution is 2.26. The number of rotatable bonds is 1. The first kappa shape index (κ1) is 13.3. The molecule has 0 aliphatic carbocycles. The normalized spacial score (nSPS) is 13.1. The highest BCUT2D eigenvalue weighted by Gasteiger charge is 2.26. The van der Waals surface area contributed by atoms with Crippen molar-refractivity contribution in [2.24, 2.45) is 0 Å². The molecule has 2 aromatic rings. The Bertz CT molecular complexity index is 839. The van der Waals surface area contributed by atoms with Crippen molar-refractivity contribution >= 4 is 5.91 Å². The molecule has 0 saturated carbocycles. The summed E-state index contributed by atoms with van der Waals surface area (Å²) in [5.41, 5.74) is 2.19. The molecule has 1 N–H and O–H groups in total. The van der Waals surface area contributed by atoms with Gasteiger partial charge >= 0.3 is 0 Å². The third-order valence-corrected chi connectivity index (χ3v) is 3.73. The summed E-state index contributed by atoms with van der Waals surface area (Å²) in [7, 11) is 0. The zero-order valence-corrected chi connectivity index (χ0v) is 11.6. The van der Waals surface area contributed by atoms with Crippen molar-refractivity contribution in [3.63, 3.8) is 0 Å². The van der Waals surface area contributed by atoms with Crippen molar-refractivity contribution < 1.29 is 4.79 Å². The lowest BCUT2D eigenvalue weighted by molar-refractivity contribution is 0.0749. The van der Waals surface area contributed by atoms with Crippen LogP contribution in [0.25, 0.3) is 0 Å². The lowest BCUT2D eigenvalue weighted by Crippen LogP contribution is -2.31. The van der Waals surface area contributed by atoms with Crippen LogP contribution in [0.5, 0.6) is 0 Å². The first-order valence-corrected chi connectivity index (χ1v) is 6.66. The van der Waals surface area contributed by atoms with Crippen LogP contribution < -0.4 is 11.1 Å². The van der Waals surface area contributed by atoms with Crippen molar-refractivity contribution in [3.05, 3.63) is 79.4 Å². The number of carbonyl (C=O) groups excluding carboxylic acids is 1. The largest absolute Gasteiger partial charge is 0.330 e. The Labute approximate surface area is 120 Å². The molecule has 0 fully saturated rings. The average molecular weight is 282 g/mol. The Morgan fingerprint density at radius 3 is 2.62 bits per heavy atom. The summed E-state index contributed by atoms with van der Waals surface area (Å²) in [6, 6.07) is 9.98. The number of amides is 1. The van der Waals surface area contributed by atoms with Gasteiger partial charge in [-0.2, -0.15) is 0 Å². The molecular formula is C16H14N2O3. The highest BCUT2D eigenvalue weighted by atomic mass is 16.2. The fraction of sp³-hybridized carbons (Fsp3) is 0.188. The Balaban J connectivity index is 1.96. The minimum absolute atomic E-state index is 0.0115. The number of hydrogen-bond acceptors (Lipinski definition) is 3. The number of fused-ring (bicyclic) bond motifs is 1. The molecule has 0 saturated heterocycles. The summed E-state index contributed by atoms with van der Waals surface area (Å²) in [4.78, 5) is 39.4. The molecule has 5 nitrogen and oxygen atoms in total. The molecule has 1 aromatic heterocycles. The summed E-state index contributed by atoms with van der Waals surface area (Å²) in [5, 5.41) is 0. The van der Waals surface area contributed by atoms with Crippen LogP contribution in [0.2, 0.25) is 0 Å². The molecule has 1 aliphatic heterocycles. The van der Waals surface area contributed by atoms with E-state index in [1.807, 2.05) is 25.1 Å². The van der Waals surface area contributed by atoms with Crippen molar-refractivity contribution in [2.75, 3.05) is 0 Å². The van der Waals surface area contributed by atoms with Crippen LogP contribution in [-0.4, -0.2) is 15.8 Å². The zero-order valence-electron chi connectivity index (χ0n) is 11.6. The standard InChI is InChI=1S/C16H14N2O3/c1-10-4-2-5-11-8-18(9-13(10)11)16(21)12-6-3-7-14(19)17-15(12)20/h2-7H,8-9H2,1H3,(H,17,19,20). The molecule has 0 spiro atoms. The van der Waals surface area contributed by atoms with Gasteiger partial charge in [0.1, 0.15) is 5.56 Å². The SMILES string of the molecule is Cc1cccc2c1CN(C(=O)c1cccc(=O)[nH]c1=O)C2. The lowest BCUT2D eigenvalue weighted by Gasteiger charge is -2.14. The van der Waals surface area contributed by atoms with Crippen LogP contribution in [-0.2, 0) is 13.1 Å². The summed E-state index contributed by atoms with van der Waals surface area (Å²) >= 11 is 0. The molecule has 2 heterocycles. The smallest absolute Gasteiger partial charge is 0.263 e. The van der Waals surface area contributed by atoms with E-state index in [0.717, 1.165) is 16.7 Å². The van der Waals surface area contributed by atoms with E-state index in [1.54, 1.807) is 4.90 Å². The van der Waals surface area contributed by atoms with Crippen molar-refractivity contribution in [1.82, 2.24) is 9.88 Å². The predicted octanol–water partition coefficient (Wildman–Crippen LogP) is 1.20. The zero-order chi connectivity index (χ0) is 15.0. The third-order valence-electron chi connectivity index (χ3n) is 3.73. The lowest BCUT2D eigenvalue weighted by atomic mass is 10.1. The molecule has 106 valence electrons. The number of benzene rings is 1. The maximum Gasteiger partial charge on any atom is 0.263 e. The van der Waals surface area contributed by atoms with Gasteiger partial charge in [-0.3, -0.25) is 19.4 Å². The topological polar surface area (TPSA) is 70.2 Å². The van der Waals surface area contributed by atoms with E-state index < -0.39 is 11.1 Å². The number of aromatic amines is 1. The van der Waals surface area contributed by atoms with Gasteiger partial charge in [-0.1, -0.05) is 24.3 Å². The number of aromatic nitrogens is 1. The first-order chi connectivity index (χ1) is 10.1. The van der Waals surface area contributed by atoms with Crippen molar-refractivity contribution in [2.45, 2.75) is 20.0 Å². The molecule has 1 aliphatic rings. The van der Waals surface area contributed by atoms with E-state index >= 15 is 0 Å². The van der Waals surface area contributed by atoms with Crippen molar-refractivity contribution in [1.29, 1.82) is 0 Å². The van der Waals surface area contributed by atoms with E-state index in [4.69, 9.17) is 0 Å². The molecule has 0 atom stereocenters. The fourth-order valence-corrected chi connectivity index (χ4v) is 2.60. The molecule has 3 rings (SSSR count). The van der Waals surface area contributed by atoms with E-state index in [2.05, 4.69) is 4.98 Å². The minimum atomic E-state index is -0.650. The second-order valence-corrected chi connectivity index (χ2v) is 5.13. The van der Waals surface area contributed by atoms with Crippen LogP contribution >= 0.6 is 0 Å². The second kappa shape index (κ2) is 5.01. The van der Waals surface area contributed by atoms with Gasteiger partial charge in [0.05, 0.1) is 0 Å². The molecule has 0 radical (unpaired) electrons. The molecule has 21 heavy (non-hydrogen) atoms. The Hall–Kier alpha value is -2.69.